The third-order valence-electron chi connectivity index (χ3n) is 1.53. The second kappa shape index (κ2) is 5.53. The highest BCUT2D eigenvalue weighted by Gasteiger charge is 2.21. The molecule has 0 aromatic heterocycles. The van der Waals surface area contributed by atoms with Crippen LogP contribution in [-0.4, -0.2) is 34.4 Å². The van der Waals surface area contributed by atoms with Crippen LogP contribution in [0.1, 0.15) is 26.7 Å². The summed E-state index contributed by atoms with van der Waals surface area (Å²) in [6, 6.07) is 0. The Morgan fingerprint density at radius 3 is 2.38 bits per heavy atom. The van der Waals surface area contributed by atoms with E-state index in [2.05, 4.69) is 0 Å². The number of ether oxygens (including phenoxy) is 1. The smallest absolute Gasteiger partial charge is 0.335 e. The van der Waals surface area contributed by atoms with Crippen LogP contribution in [0.5, 0.6) is 0 Å². The summed E-state index contributed by atoms with van der Waals surface area (Å²) in [5.41, 5.74) is 0. The molecule has 0 bridgehead atoms. The molecule has 0 amide bonds. The minimum atomic E-state index is -1.56. The lowest BCUT2D eigenvalue weighted by atomic mass is 10.2. The maximum absolute atomic E-state index is 10.9. The Morgan fingerprint density at radius 1 is 1.46 bits per heavy atom. The van der Waals surface area contributed by atoms with Gasteiger partial charge in [0.1, 0.15) is 0 Å². The van der Waals surface area contributed by atoms with Crippen LogP contribution in [0, 0.1) is 0 Å². The summed E-state index contributed by atoms with van der Waals surface area (Å²) in [7, 11) is 0. The van der Waals surface area contributed by atoms with E-state index in [1.165, 1.54) is 0 Å². The highest BCUT2D eigenvalue weighted by Crippen LogP contribution is 2.01. The van der Waals surface area contributed by atoms with Crippen molar-refractivity contribution in [2.24, 2.45) is 0 Å². The number of aliphatic hydroxyl groups is 1. The van der Waals surface area contributed by atoms with Crippen LogP contribution in [0.4, 0.5) is 0 Å². The fourth-order valence-corrected chi connectivity index (χ4v) is 0.609. The van der Waals surface area contributed by atoms with Crippen molar-refractivity contribution < 1.29 is 24.5 Å². The molecule has 5 heteroatoms. The first-order valence-electron chi connectivity index (χ1n) is 4.07. The van der Waals surface area contributed by atoms with Crippen LogP contribution in [0.25, 0.3) is 0 Å². The highest BCUT2D eigenvalue weighted by molar-refractivity contribution is 5.80. The van der Waals surface area contributed by atoms with Gasteiger partial charge in [-0.05, 0) is 13.3 Å². The highest BCUT2D eigenvalue weighted by atomic mass is 16.6. The number of carbonyl (C=O) groups is 2. The molecule has 0 aromatic rings. The molecule has 0 spiro atoms. The molecule has 0 aliphatic carbocycles. The fraction of sp³-hybridized carbons (Fsp3) is 0.750. The molecule has 0 rings (SSSR count). The van der Waals surface area contributed by atoms with Crippen molar-refractivity contribution in [3.8, 4) is 0 Å². The summed E-state index contributed by atoms with van der Waals surface area (Å²) in [6.45, 7) is 3.49. The van der Waals surface area contributed by atoms with Crippen molar-refractivity contribution in [2.45, 2.75) is 38.9 Å². The van der Waals surface area contributed by atoms with E-state index in [0.29, 0.717) is 6.42 Å². The van der Waals surface area contributed by atoms with Gasteiger partial charge >= 0.3 is 11.9 Å². The quantitative estimate of drug-likeness (QED) is 0.603. The Balaban J connectivity index is 3.89. The minimum absolute atomic E-state index is 0.295. The molecule has 0 aliphatic heterocycles. The number of hydrogen-bond donors (Lipinski definition) is 2. The van der Waals surface area contributed by atoms with Crippen LogP contribution in [-0.2, 0) is 14.3 Å². The van der Waals surface area contributed by atoms with Crippen molar-refractivity contribution in [3.63, 3.8) is 0 Å². The van der Waals surface area contributed by atoms with E-state index in [1.54, 1.807) is 6.92 Å². The average molecular weight is 190 g/mol. The molecular weight excluding hydrogens is 176 g/mol. The molecule has 13 heavy (non-hydrogen) atoms. The van der Waals surface area contributed by atoms with Crippen molar-refractivity contribution in [1.29, 1.82) is 0 Å². The third-order valence-corrected chi connectivity index (χ3v) is 1.53. The Kier molecular flexibility index (Phi) is 5.06. The van der Waals surface area contributed by atoms with Crippen LogP contribution in [0.3, 0.4) is 0 Å². The molecule has 2 N–H and O–H groups in total. The van der Waals surface area contributed by atoms with E-state index >= 15 is 0 Å². The van der Waals surface area contributed by atoms with Gasteiger partial charge in [-0.1, -0.05) is 6.92 Å². The van der Waals surface area contributed by atoms with Gasteiger partial charge in [0.25, 0.3) is 0 Å². The lowest BCUT2D eigenvalue weighted by Crippen LogP contribution is -2.28. The molecule has 0 saturated carbocycles. The summed E-state index contributed by atoms with van der Waals surface area (Å²) in [4.78, 5) is 21.0. The maximum atomic E-state index is 10.9. The SMILES string of the molecule is CCC(C)OC(=O)C(O)CC(=O)O. The van der Waals surface area contributed by atoms with E-state index < -0.39 is 24.5 Å². The largest absolute Gasteiger partial charge is 0.481 e. The number of aliphatic hydroxyl groups excluding tert-OH is 1. The molecular formula is C8H14O5. The third kappa shape index (κ3) is 5.19. The van der Waals surface area contributed by atoms with Gasteiger partial charge in [-0.15, -0.1) is 0 Å². The predicted octanol–water partition coefficient (Wildman–Crippen LogP) is 0.164. The number of carboxylic acids is 1. The van der Waals surface area contributed by atoms with E-state index in [-0.39, 0.29) is 6.10 Å². The summed E-state index contributed by atoms with van der Waals surface area (Å²) < 4.78 is 4.71. The van der Waals surface area contributed by atoms with Gasteiger partial charge < -0.3 is 14.9 Å². The first-order chi connectivity index (χ1) is 5.97. The van der Waals surface area contributed by atoms with E-state index in [9.17, 15) is 9.59 Å². The Hall–Kier alpha value is -1.10. The fourth-order valence-electron chi connectivity index (χ4n) is 0.609. The zero-order valence-electron chi connectivity index (χ0n) is 7.69. The van der Waals surface area contributed by atoms with Crippen molar-refractivity contribution >= 4 is 11.9 Å². The molecule has 0 fully saturated rings. The normalized spacial score (nSPS) is 14.7. The minimum Gasteiger partial charge on any atom is -0.481 e. The monoisotopic (exact) mass is 190 g/mol. The molecule has 2 atom stereocenters. The molecule has 0 aromatic carbocycles. The summed E-state index contributed by atoms with van der Waals surface area (Å²) in [5, 5.41) is 17.2. The van der Waals surface area contributed by atoms with E-state index in [1.807, 2.05) is 6.92 Å². The molecule has 0 radical (unpaired) electrons. The van der Waals surface area contributed by atoms with Crippen molar-refractivity contribution in [3.05, 3.63) is 0 Å². The van der Waals surface area contributed by atoms with Gasteiger partial charge in [0.05, 0.1) is 12.5 Å². The summed E-state index contributed by atoms with van der Waals surface area (Å²) in [5.74, 6) is -2.11. The van der Waals surface area contributed by atoms with Gasteiger partial charge in [-0.2, -0.15) is 0 Å². The molecule has 0 heterocycles. The number of hydrogen-bond acceptors (Lipinski definition) is 4. The second-order valence-corrected chi connectivity index (χ2v) is 2.77. The zero-order chi connectivity index (χ0) is 10.4. The van der Waals surface area contributed by atoms with Crippen molar-refractivity contribution in [2.75, 3.05) is 0 Å². The van der Waals surface area contributed by atoms with Gasteiger partial charge in [0.2, 0.25) is 0 Å². The number of rotatable bonds is 5. The van der Waals surface area contributed by atoms with Gasteiger partial charge in [0, 0.05) is 0 Å². The van der Waals surface area contributed by atoms with E-state index in [4.69, 9.17) is 14.9 Å². The van der Waals surface area contributed by atoms with Crippen molar-refractivity contribution in [1.82, 2.24) is 0 Å². The standard InChI is InChI=1S/C8H14O5/c1-3-5(2)13-8(12)6(9)4-7(10)11/h5-6,9H,3-4H2,1-2H3,(H,10,11). The van der Waals surface area contributed by atoms with Crippen LogP contribution < -0.4 is 0 Å². The molecule has 76 valence electrons. The Bertz CT molecular complexity index is 189. The summed E-state index contributed by atoms with van der Waals surface area (Å²) in [6.07, 6.45) is -1.84. The predicted molar refractivity (Wildman–Crippen MR) is 44.1 cm³/mol. The number of carbonyl (C=O) groups excluding carboxylic acids is 1. The topological polar surface area (TPSA) is 83.8 Å². The average Bonchev–Trinajstić information content (AvgIpc) is 2.02. The lowest BCUT2D eigenvalue weighted by Gasteiger charge is -2.13. The molecule has 5 nitrogen and oxygen atoms in total. The molecule has 2 unspecified atom stereocenters. The van der Waals surface area contributed by atoms with Gasteiger partial charge in [-0.3, -0.25) is 4.79 Å². The van der Waals surface area contributed by atoms with E-state index in [0.717, 1.165) is 0 Å². The van der Waals surface area contributed by atoms with Gasteiger partial charge in [-0.25, -0.2) is 4.79 Å². The number of aliphatic carboxylic acids is 1. The van der Waals surface area contributed by atoms with Crippen LogP contribution in [0.15, 0.2) is 0 Å². The van der Waals surface area contributed by atoms with Gasteiger partial charge in [0.15, 0.2) is 6.10 Å². The maximum Gasteiger partial charge on any atom is 0.335 e. The van der Waals surface area contributed by atoms with Crippen LogP contribution in [0.2, 0.25) is 0 Å². The summed E-state index contributed by atoms with van der Waals surface area (Å²) >= 11 is 0. The first kappa shape index (κ1) is 11.9. The second-order valence-electron chi connectivity index (χ2n) is 2.77. The Morgan fingerprint density at radius 2 is 2.00 bits per heavy atom. The zero-order valence-corrected chi connectivity index (χ0v) is 7.69. The number of esters is 1. The Labute approximate surface area is 76.3 Å². The first-order valence-corrected chi connectivity index (χ1v) is 4.07. The van der Waals surface area contributed by atoms with Crippen LogP contribution >= 0.6 is 0 Å². The lowest BCUT2D eigenvalue weighted by molar-refractivity contribution is -0.162. The molecule has 0 saturated heterocycles. The molecule has 0 aliphatic rings. The number of carboxylic acid groups (broad SMARTS) is 1.